The van der Waals surface area contributed by atoms with Crippen LogP contribution >= 0.6 is 0 Å². The Morgan fingerprint density at radius 3 is 2.14 bits per heavy atom. The first-order valence-corrected chi connectivity index (χ1v) is 9.57. The number of carbonyl (C=O) groups is 1. The van der Waals surface area contributed by atoms with Crippen molar-refractivity contribution in [3.8, 4) is 0 Å². The first-order chi connectivity index (χ1) is 13.8. The molecular weight excluding hydrogens is 352 g/mol. The third kappa shape index (κ3) is 4.61. The number of benzene rings is 1. The van der Waals surface area contributed by atoms with Crippen molar-refractivity contribution < 1.29 is 13.6 Å². The smallest absolute Gasteiger partial charge is 0.237 e. The number of furan rings is 2. The summed E-state index contributed by atoms with van der Waals surface area (Å²) in [6, 6.07) is 17.9. The molecule has 0 saturated carbocycles. The third-order valence-electron chi connectivity index (χ3n) is 4.98. The van der Waals surface area contributed by atoms with Gasteiger partial charge in [-0.15, -0.1) is 0 Å². The first kappa shape index (κ1) is 18.3. The zero-order chi connectivity index (χ0) is 19.2. The zero-order valence-corrected chi connectivity index (χ0v) is 15.8. The van der Waals surface area contributed by atoms with Crippen molar-refractivity contribution in [3.63, 3.8) is 0 Å². The summed E-state index contributed by atoms with van der Waals surface area (Å²) in [7, 11) is 0. The normalized spacial score (nSPS) is 14.3. The van der Waals surface area contributed by atoms with Gasteiger partial charge in [-0.05, 0) is 41.8 Å². The predicted molar refractivity (Wildman–Crippen MR) is 107 cm³/mol. The molecule has 144 valence electrons. The molecule has 0 fully saturated rings. The molecule has 0 aliphatic carbocycles. The van der Waals surface area contributed by atoms with E-state index < -0.39 is 0 Å². The molecule has 0 spiro atoms. The Labute approximate surface area is 164 Å². The monoisotopic (exact) mass is 376 g/mol. The summed E-state index contributed by atoms with van der Waals surface area (Å²) in [6.45, 7) is 2.86. The van der Waals surface area contributed by atoms with E-state index in [-0.39, 0.29) is 5.91 Å². The largest absolute Gasteiger partial charge is 0.468 e. The van der Waals surface area contributed by atoms with Crippen LogP contribution in [0.5, 0.6) is 0 Å². The summed E-state index contributed by atoms with van der Waals surface area (Å²) >= 11 is 0. The molecule has 0 radical (unpaired) electrons. The second-order valence-corrected chi connectivity index (χ2v) is 6.99. The fourth-order valence-corrected chi connectivity index (χ4v) is 3.51. The van der Waals surface area contributed by atoms with Crippen molar-refractivity contribution in [2.24, 2.45) is 0 Å². The quantitative estimate of drug-likeness (QED) is 0.620. The average molecular weight is 376 g/mol. The van der Waals surface area contributed by atoms with E-state index in [0.29, 0.717) is 26.2 Å². The highest BCUT2D eigenvalue weighted by molar-refractivity contribution is 5.80. The van der Waals surface area contributed by atoms with Crippen LogP contribution in [0.2, 0.25) is 0 Å². The van der Waals surface area contributed by atoms with E-state index in [1.54, 1.807) is 12.5 Å². The molecule has 3 aromatic rings. The molecule has 5 heteroatoms. The predicted octanol–water partition coefficient (Wildman–Crippen LogP) is 4.19. The Bertz CT molecular complexity index is 863. The van der Waals surface area contributed by atoms with Crippen molar-refractivity contribution in [3.05, 3.63) is 90.3 Å². The minimum absolute atomic E-state index is 0.126. The van der Waals surface area contributed by atoms with E-state index >= 15 is 0 Å². The van der Waals surface area contributed by atoms with Crippen LogP contribution in [0.4, 0.5) is 0 Å². The molecule has 3 heterocycles. The van der Waals surface area contributed by atoms with Gasteiger partial charge >= 0.3 is 0 Å². The van der Waals surface area contributed by atoms with Crippen molar-refractivity contribution in [1.82, 2.24) is 9.80 Å². The van der Waals surface area contributed by atoms with E-state index in [1.165, 1.54) is 11.1 Å². The Morgan fingerprint density at radius 2 is 1.61 bits per heavy atom. The summed E-state index contributed by atoms with van der Waals surface area (Å²) in [5, 5.41) is 0. The molecular formula is C23H24N2O3. The Kier molecular flexibility index (Phi) is 5.73. The standard InChI is InChI=1S/C23H24N2O3/c26-23(25-12-10-20(11-13-25)19-6-2-1-3-7-19)18-24(16-21-8-4-14-27-21)17-22-9-5-15-28-22/h1-10,14-15H,11-13,16-18H2. The van der Waals surface area contributed by atoms with Crippen LogP contribution in [0.3, 0.4) is 0 Å². The number of hydrogen-bond donors (Lipinski definition) is 0. The molecule has 0 N–H and O–H groups in total. The molecule has 0 unspecified atom stereocenters. The van der Waals surface area contributed by atoms with Crippen molar-refractivity contribution in [1.29, 1.82) is 0 Å². The second kappa shape index (κ2) is 8.76. The van der Waals surface area contributed by atoms with Crippen LogP contribution in [0.15, 0.2) is 82.0 Å². The van der Waals surface area contributed by atoms with Crippen molar-refractivity contribution >= 4 is 11.5 Å². The number of carbonyl (C=O) groups excluding carboxylic acids is 1. The van der Waals surface area contributed by atoms with Gasteiger partial charge in [0.05, 0.1) is 32.2 Å². The molecule has 0 atom stereocenters. The number of amides is 1. The van der Waals surface area contributed by atoms with Crippen molar-refractivity contribution in [2.75, 3.05) is 19.6 Å². The molecule has 1 aromatic carbocycles. The van der Waals surface area contributed by atoms with Gasteiger partial charge in [-0.1, -0.05) is 36.4 Å². The maximum atomic E-state index is 12.9. The van der Waals surface area contributed by atoms with Crippen molar-refractivity contribution in [2.45, 2.75) is 19.5 Å². The van der Waals surface area contributed by atoms with Gasteiger partial charge in [0.1, 0.15) is 11.5 Å². The van der Waals surface area contributed by atoms with Crippen LogP contribution in [-0.2, 0) is 17.9 Å². The second-order valence-electron chi connectivity index (χ2n) is 6.99. The maximum Gasteiger partial charge on any atom is 0.237 e. The molecule has 5 nitrogen and oxygen atoms in total. The third-order valence-corrected chi connectivity index (χ3v) is 4.98. The Morgan fingerprint density at radius 1 is 0.929 bits per heavy atom. The SMILES string of the molecule is O=C(CN(Cc1ccco1)Cc1ccco1)N1CC=C(c2ccccc2)CC1. The fraction of sp³-hybridized carbons (Fsp3) is 0.261. The van der Waals surface area contributed by atoms with E-state index in [2.05, 4.69) is 35.2 Å². The van der Waals surface area contributed by atoms with Gasteiger partial charge < -0.3 is 13.7 Å². The molecule has 28 heavy (non-hydrogen) atoms. The van der Waals surface area contributed by atoms with Gasteiger partial charge in [-0.3, -0.25) is 9.69 Å². The molecule has 1 aliphatic heterocycles. The minimum atomic E-state index is 0.126. The van der Waals surface area contributed by atoms with Gasteiger partial charge in [-0.2, -0.15) is 0 Å². The molecule has 1 amide bonds. The highest BCUT2D eigenvalue weighted by Crippen LogP contribution is 2.22. The number of nitrogens with zero attached hydrogens (tertiary/aromatic N) is 2. The van der Waals surface area contributed by atoms with Gasteiger partial charge in [0.15, 0.2) is 0 Å². The Hall–Kier alpha value is -3.05. The van der Waals surface area contributed by atoms with E-state index in [1.807, 2.05) is 35.2 Å². The average Bonchev–Trinajstić information content (AvgIpc) is 3.43. The lowest BCUT2D eigenvalue weighted by Crippen LogP contribution is -2.41. The lowest BCUT2D eigenvalue weighted by molar-refractivity contribution is -0.132. The van der Waals surface area contributed by atoms with E-state index in [9.17, 15) is 4.79 Å². The van der Waals surface area contributed by atoms with E-state index in [4.69, 9.17) is 8.83 Å². The van der Waals surface area contributed by atoms with Crippen LogP contribution < -0.4 is 0 Å². The summed E-state index contributed by atoms with van der Waals surface area (Å²) < 4.78 is 10.9. The van der Waals surface area contributed by atoms with Crippen LogP contribution in [0.1, 0.15) is 23.5 Å². The first-order valence-electron chi connectivity index (χ1n) is 9.57. The minimum Gasteiger partial charge on any atom is -0.468 e. The van der Waals surface area contributed by atoms with Gasteiger partial charge in [0.2, 0.25) is 5.91 Å². The van der Waals surface area contributed by atoms with Crippen LogP contribution in [0, 0.1) is 0 Å². The van der Waals surface area contributed by atoms with Gasteiger partial charge in [0, 0.05) is 13.1 Å². The number of hydrogen-bond acceptors (Lipinski definition) is 4. The van der Waals surface area contributed by atoms with Crippen LogP contribution in [0.25, 0.3) is 5.57 Å². The fourth-order valence-electron chi connectivity index (χ4n) is 3.51. The summed E-state index contributed by atoms with van der Waals surface area (Å²) in [5.74, 6) is 1.80. The highest BCUT2D eigenvalue weighted by atomic mass is 16.3. The Balaban J connectivity index is 1.39. The molecule has 0 saturated heterocycles. The molecule has 0 bridgehead atoms. The molecule has 1 aliphatic rings. The summed E-state index contributed by atoms with van der Waals surface area (Å²) in [5.41, 5.74) is 2.56. The van der Waals surface area contributed by atoms with Gasteiger partial charge in [-0.25, -0.2) is 0 Å². The summed E-state index contributed by atoms with van der Waals surface area (Å²) in [6.07, 6.45) is 6.36. The maximum absolute atomic E-state index is 12.9. The topological polar surface area (TPSA) is 49.8 Å². The lowest BCUT2D eigenvalue weighted by atomic mass is 9.99. The summed E-state index contributed by atoms with van der Waals surface area (Å²) in [4.78, 5) is 16.9. The number of rotatable bonds is 7. The van der Waals surface area contributed by atoms with E-state index in [0.717, 1.165) is 24.5 Å². The zero-order valence-electron chi connectivity index (χ0n) is 15.8. The molecule has 2 aromatic heterocycles. The molecule has 4 rings (SSSR count). The lowest BCUT2D eigenvalue weighted by Gasteiger charge is -2.29. The van der Waals surface area contributed by atoms with Gasteiger partial charge in [0.25, 0.3) is 0 Å². The van der Waals surface area contributed by atoms with Crippen LogP contribution in [-0.4, -0.2) is 35.3 Å². The highest BCUT2D eigenvalue weighted by Gasteiger charge is 2.21.